The fourth-order valence-electron chi connectivity index (χ4n) is 2.56. The minimum absolute atomic E-state index is 0. The first kappa shape index (κ1) is 19.1. The van der Waals surface area contributed by atoms with Crippen LogP contribution in [0.15, 0.2) is 18.2 Å². The number of nitrogens with one attached hydrogen (secondary N) is 1. The third-order valence-corrected chi connectivity index (χ3v) is 3.89. The monoisotopic (exact) mass is 346 g/mol. The van der Waals surface area contributed by atoms with Gasteiger partial charge in [0.25, 0.3) is 5.91 Å². The highest BCUT2D eigenvalue weighted by atomic mass is 35.5. The fraction of sp³-hybridized carbons (Fsp3) is 0.562. The Kier molecular flexibility index (Phi) is 7.46. The number of benzene rings is 1. The maximum Gasteiger partial charge on any atom is 0.255 e. The summed E-state index contributed by atoms with van der Waals surface area (Å²) in [5.41, 5.74) is 6.38. The number of carbonyl (C=O) groups excluding carboxylic acids is 1. The summed E-state index contributed by atoms with van der Waals surface area (Å²) in [7, 11) is 0. The molecule has 22 heavy (non-hydrogen) atoms. The molecule has 0 unspecified atom stereocenters. The molecule has 3 N–H and O–H groups in total. The molecule has 1 fully saturated rings. The molecule has 2 rings (SSSR count). The Morgan fingerprint density at radius 1 is 1.32 bits per heavy atom. The zero-order valence-corrected chi connectivity index (χ0v) is 14.5. The number of ether oxygens (including phenoxy) is 1. The molecular formula is C16H24Cl2N2O2. The molecule has 124 valence electrons. The van der Waals surface area contributed by atoms with Crippen molar-refractivity contribution in [2.24, 2.45) is 5.73 Å². The third kappa shape index (κ3) is 5.34. The molecule has 1 aliphatic carbocycles. The van der Waals surface area contributed by atoms with Gasteiger partial charge >= 0.3 is 0 Å². The molecule has 4 nitrogen and oxygen atoms in total. The van der Waals surface area contributed by atoms with Gasteiger partial charge in [-0.3, -0.25) is 4.79 Å². The Labute approximate surface area is 143 Å². The second kappa shape index (κ2) is 8.61. The average Bonchev–Trinajstić information content (AvgIpc) is 2.43. The lowest BCUT2D eigenvalue weighted by Crippen LogP contribution is -2.40. The van der Waals surface area contributed by atoms with Gasteiger partial charge in [0.15, 0.2) is 0 Å². The van der Waals surface area contributed by atoms with Gasteiger partial charge in [0.05, 0.1) is 11.7 Å². The molecule has 1 aromatic rings. The topological polar surface area (TPSA) is 64.3 Å². The van der Waals surface area contributed by atoms with E-state index in [1.165, 1.54) is 0 Å². The van der Waals surface area contributed by atoms with Crippen molar-refractivity contribution in [1.82, 2.24) is 5.32 Å². The van der Waals surface area contributed by atoms with Crippen molar-refractivity contribution in [3.05, 3.63) is 28.8 Å². The van der Waals surface area contributed by atoms with Crippen molar-refractivity contribution in [1.29, 1.82) is 0 Å². The number of hydrogen-bond acceptors (Lipinski definition) is 3. The van der Waals surface area contributed by atoms with E-state index >= 15 is 0 Å². The minimum Gasteiger partial charge on any atom is -0.490 e. The Bertz CT molecular complexity index is 501. The predicted molar refractivity (Wildman–Crippen MR) is 92.2 cm³/mol. The summed E-state index contributed by atoms with van der Waals surface area (Å²) < 4.78 is 5.69. The highest BCUT2D eigenvalue weighted by Crippen LogP contribution is 2.25. The normalized spacial score (nSPS) is 21.1. The summed E-state index contributed by atoms with van der Waals surface area (Å²) in [6, 6.07) is 5.58. The van der Waals surface area contributed by atoms with Crippen LogP contribution in [0.25, 0.3) is 0 Å². The number of rotatable bonds is 4. The van der Waals surface area contributed by atoms with Gasteiger partial charge in [0.2, 0.25) is 0 Å². The first-order chi connectivity index (χ1) is 9.95. The Hall–Kier alpha value is -0.970. The zero-order chi connectivity index (χ0) is 15.4. The van der Waals surface area contributed by atoms with Crippen LogP contribution < -0.4 is 15.8 Å². The average molecular weight is 347 g/mol. The van der Waals surface area contributed by atoms with Crippen molar-refractivity contribution in [2.45, 2.75) is 57.7 Å². The van der Waals surface area contributed by atoms with Crippen LogP contribution in [0.5, 0.6) is 5.75 Å². The lowest BCUT2D eigenvalue weighted by molar-refractivity contribution is 0.0920. The summed E-state index contributed by atoms with van der Waals surface area (Å²) in [6.45, 7) is 3.86. The van der Waals surface area contributed by atoms with Crippen molar-refractivity contribution in [3.63, 3.8) is 0 Å². The largest absolute Gasteiger partial charge is 0.490 e. The predicted octanol–water partition coefficient (Wildman–Crippen LogP) is 3.55. The molecule has 1 saturated carbocycles. The van der Waals surface area contributed by atoms with Crippen LogP contribution >= 0.6 is 24.0 Å². The lowest BCUT2D eigenvalue weighted by atomic mass is 9.91. The van der Waals surface area contributed by atoms with Crippen LogP contribution in [0.2, 0.25) is 5.02 Å². The van der Waals surface area contributed by atoms with E-state index in [0.29, 0.717) is 16.3 Å². The molecule has 1 amide bonds. The van der Waals surface area contributed by atoms with E-state index in [9.17, 15) is 4.79 Å². The lowest BCUT2D eigenvalue weighted by Gasteiger charge is -2.27. The van der Waals surface area contributed by atoms with Crippen LogP contribution in [0, 0.1) is 0 Å². The van der Waals surface area contributed by atoms with E-state index in [1.54, 1.807) is 18.2 Å². The Morgan fingerprint density at radius 3 is 2.55 bits per heavy atom. The van der Waals surface area contributed by atoms with Gasteiger partial charge < -0.3 is 15.8 Å². The van der Waals surface area contributed by atoms with Crippen LogP contribution in [-0.2, 0) is 0 Å². The first-order valence-electron chi connectivity index (χ1n) is 7.48. The standard InChI is InChI=1S/C16H23ClN2O2.ClH/c1-10(2)21-15-8-3-11(17)9-14(15)16(20)19-13-6-4-12(18)5-7-13;/h3,8-10,12-13H,4-7,18H2,1-2H3,(H,19,20);1H. The molecule has 1 aromatic carbocycles. The molecule has 0 saturated heterocycles. The van der Waals surface area contributed by atoms with E-state index in [2.05, 4.69) is 5.32 Å². The van der Waals surface area contributed by atoms with Gasteiger partial charge in [-0.05, 0) is 57.7 Å². The molecule has 6 heteroatoms. The molecule has 0 heterocycles. The van der Waals surface area contributed by atoms with E-state index in [-0.39, 0.29) is 36.5 Å². The quantitative estimate of drug-likeness (QED) is 0.875. The number of hydrogen-bond donors (Lipinski definition) is 2. The number of halogens is 2. The van der Waals surface area contributed by atoms with Crippen LogP contribution in [-0.4, -0.2) is 24.1 Å². The Balaban J connectivity index is 0.00000242. The smallest absolute Gasteiger partial charge is 0.255 e. The van der Waals surface area contributed by atoms with Gasteiger partial charge in [0.1, 0.15) is 5.75 Å². The summed E-state index contributed by atoms with van der Waals surface area (Å²) in [5, 5.41) is 3.59. The van der Waals surface area contributed by atoms with Crippen molar-refractivity contribution >= 4 is 29.9 Å². The molecular weight excluding hydrogens is 323 g/mol. The highest BCUT2D eigenvalue weighted by Gasteiger charge is 2.22. The molecule has 0 bridgehead atoms. The van der Waals surface area contributed by atoms with Gasteiger partial charge in [-0.25, -0.2) is 0 Å². The summed E-state index contributed by atoms with van der Waals surface area (Å²) in [5.74, 6) is 0.438. The Morgan fingerprint density at radius 2 is 1.95 bits per heavy atom. The van der Waals surface area contributed by atoms with E-state index in [4.69, 9.17) is 22.1 Å². The number of amides is 1. The zero-order valence-electron chi connectivity index (χ0n) is 13.0. The third-order valence-electron chi connectivity index (χ3n) is 3.66. The highest BCUT2D eigenvalue weighted by molar-refractivity contribution is 6.31. The molecule has 0 spiro atoms. The van der Waals surface area contributed by atoms with E-state index in [1.807, 2.05) is 13.8 Å². The van der Waals surface area contributed by atoms with Crippen LogP contribution in [0.1, 0.15) is 49.9 Å². The summed E-state index contributed by atoms with van der Waals surface area (Å²) in [4.78, 5) is 12.5. The van der Waals surface area contributed by atoms with Crippen molar-refractivity contribution in [3.8, 4) is 5.75 Å². The molecule has 0 atom stereocenters. The molecule has 0 radical (unpaired) electrons. The molecule has 0 aromatic heterocycles. The summed E-state index contributed by atoms with van der Waals surface area (Å²) >= 11 is 6.01. The van der Waals surface area contributed by atoms with Gasteiger partial charge in [-0.1, -0.05) is 11.6 Å². The molecule has 0 aliphatic heterocycles. The molecule has 1 aliphatic rings. The maximum absolute atomic E-state index is 12.5. The van der Waals surface area contributed by atoms with Gasteiger partial charge in [-0.2, -0.15) is 0 Å². The fourth-order valence-corrected chi connectivity index (χ4v) is 2.74. The van der Waals surface area contributed by atoms with E-state index in [0.717, 1.165) is 25.7 Å². The van der Waals surface area contributed by atoms with Crippen LogP contribution in [0.4, 0.5) is 0 Å². The van der Waals surface area contributed by atoms with Crippen molar-refractivity contribution in [2.75, 3.05) is 0 Å². The number of carbonyl (C=O) groups is 1. The second-order valence-electron chi connectivity index (χ2n) is 5.89. The SMILES string of the molecule is CC(C)Oc1ccc(Cl)cc1C(=O)NC1CCC(N)CC1.Cl. The number of nitrogens with two attached hydrogens (primary N) is 1. The minimum atomic E-state index is -0.131. The first-order valence-corrected chi connectivity index (χ1v) is 7.86. The maximum atomic E-state index is 12.5. The van der Waals surface area contributed by atoms with Gasteiger partial charge in [-0.15, -0.1) is 12.4 Å². The second-order valence-corrected chi connectivity index (χ2v) is 6.33. The van der Waals surface area contributed by atoms with Crippen LogP contribution in [0.3, 0.4) is 0 Å². The van der Waals surface area contributed by atoms with Gasteiger partial charge in [0, 0.05) is 17.1 Å². The van der Waals surface area contributed by atoms with E-state index < -0.39 is 0 Å². The summed E-state index contributed by atoms with van der Waals surface area (Å²) in [6.07, 6.45) is 3.76. The van der Waals surface area contributed by atoms with Crippen molar-refractivity contribution < 1.29 is 9.53 Å².